The summed E-state index contributed by atoms with van der Waals surface area (Å²) in [7, 11) is 0. The first-order valence-corrected chi connectivity index (χ1v) is 4.90. The van der Waals surface area contributed by atoms with Gasteiger partial charge in [0.1, 0.15) is 0 Å². The molecule has 1 aliphatic carbocycles. The van der Waals surface area contributed by atoms with Crippen LogP contribution >= 0.6 is 0 Å². The predicted molar refractivity (Wildman–Crippen MR) is 40.3 cm³/mol. The molecule has 0 aromatic heterocycles. The topological polar surface area (TPSA) is 63.9 Å². The maximum Gasteiger partial charge on any atom is 1.00 e. The van der Waals surface area contributed by atoms with Gasteiger partial charge in [-0.3, -0.25) is 4.21 Å². The fourth-order valence-electron chi connectivity index (χ4n) is 1.57. The van der Waals surface area contributed by atoms with Crippen molar-refractivity contribution in [2.24, 2.45) is 5.41 Å². The standard InChI is InChI=1S/C7H11NO2S.Na/c8-5-7(6-11(9)10)3-1-2-4-7;/h1-4,6H2,(H,9,10);/q;+1/p-1. The molecule has 12 heavy (non-hydrogen) atoms. The van der Waals surface area contributed by atoms with E-state index >= 15 is 0 Å². The molecule has 1 rings (SSSR count). The first-order chi connectivity index (χ1) is 5.18. The summed E-state index contributed by atoms with van der Waals surface area (Å²) in [6.45, 7) is 0. The van der Waals surface area contributed by atoms with Crippen LogP contribution in [0.3, 0.4) is 0 Å². The van der Waals surface area contributed by atoms with Crippen molar-refractivity contribution in [1.29, 1.82) is 5.26 Å². The number of hydrogen-bond donors (Lipinski definition) is 0. The SMILES string of the molecule is N#CC1(CS(=O)[O-])CCCC1.[Na+]. The van der Waals surface area contributed by atoms with Crippen LogP contribution in [0.15, 0.2) is 0 Å². The summed E-state index contributed by atoms with van der Waals surface area (Å²) in [6.07, 6.45) is 3.48. The molecule has 5 heteroatoms. The van der Waals surface area contributed by atoms with Gasteiger partial charge < -0.3 is 4.55 Å². The van der Waals surface area contributed by atoms with Crippen molar-refractivity contribution < 1.29 is 38.3 Å². The summed E-state index contributed by atoms with van der Waals surface area (Å²) in [5.74, 6) is 0.0174. The predicted octanol–water partition coefficient (Wildman–Crippen LogP) is -2.05. The molecule has 3 nitrogen and oxygen atoms in total. The monoisotopic (exact) mass is 195 g/mol. The van der Waals surface area contributed by atoms with Crippen LogP contribution in [0.25, 0.3) is 0 Å². The van der Waals surface area contributed by atoms with E-state index < -0.39 is 16.5 Å². The van der Waals surface area contributed by atoms with Crippen LogP contribution in [-0.4, -0.2) is 14.5 Å². The average Bonchev–Trinajstić information content (AvgIpc) is 2.36. The van der Waals surface area contributed by atoms with Crippen molar-refractivity contribution in [3.63, 3.8) is 0 Å². The molecule has 1 unspecified atom stereocenters. The zero-order valence-electron chi connectivity index (χ0n) is 7.21. The van der Waals surface area contributed by atoms with Crippen molar-refractivity contribution in [3.8, 4) is 6.07 Å². The summed E-state index contributed by atoms with van der Waals surface area (Å²) in [4.78, 5) is 0. The van der Waals surface area contributed by atoms with Crippen LogP contribution in [-0.2, 0) is 11.1 Å². The Morgan fingerprint density at radius 2 is 2.00 bits per heavy atom. The van der Waals surface area contributed by atoms with Gasteiger partial charge in [-0.05, 0) is 12.8 Å². The van der Waals surface area contributed by atoms with E-state index in [4.69, 9.17) is 5.26 Å². The molecular weight excluding hydrogens is 185 g/mol. The fourth-order valence-corrected chi connectivity index (χ4v) is 2.37. The van der Waals surface area contributed by atoms with E-state index in [1.165, 1.54) is 0 Å². The Bertz CT molecular complexity index is 208. The molecule has 1 atom stereocenters. The fraction of sp³-hybridized carbons (Fsp3) is 0.857. The van der Waals surface area contributed by atoms with Gasteiger partial charge in [0.25, 0.3) is 0 Å². The van der Waals surface area contributed by atoms with Gasteiger partial charge in [-0.15, -0.1) is 0 Å². The van der Waals surface area contributed by atoms with Gasteiger partial charge in [-0.1, -0.05) is 23.9 Å². The molecule has 0 aromatic carbocycles. The van der Waals surface area contributed by atoms with Gasteiger partial charge in [0.2, 0.25) is 0 Å². The maximum absolute atomic E-state index is 10.4. The van der Waals surface area contributed by atoms with Gasteiger partial charge in [0.05, 0.1) is 11.5 Å². The molecule has 0 N–H and O–H groups in total. The maximum atomic E-state index is 10.4. The number of rotatable bonds is 2. The molecule has 1 saturated carbocycles. The first-order valence-electron chi connectivity index (χ1n) is 3.66. The Morgan fingerprint density at radius 3 is 2.33 bits per heavy atom. The third-order valence-electron chi connectivity index (χ3n) is 2.19. The van der Waals surface area contributed by atoms with Crippen LogP contribution in [0.4, 0.5) is 0 Å². The minimum Gasteiger partial charge on any atom is -0.772 e. The van der Waals surface area contributed by atoms with Gasteiger partial charge >= 0.3 is 29.6 Å². The van der Waals surface area contributed by atoms with Gasteiger partial charge in [0, 0.05) is 5.75 Å². The first kappa shape index (κ1) is 12.6. The zero-order chi connectivity index (χ0) is 8.32. The van der Waals surface area contributed by atoms with E-state index in [0.29, 0.717) is 0 Å². The average molecular weight is 195 g/mol. The molecule has 0 saturated heterocycles. The van der Waals surface area contributed by atoms with Crippen molar-refractivity contribution >= 4 is 11.1 Å². The molecule has 0 radical (unpaired) electrons. The van der Waals surface area contributed by atoms with Crippen LogP contribution in [0.2, 0.25) is 0 Å². The smallest absolute Gasteiger partial charge is 0.772 e. The van der Waals surface area contributed by atoms with Gasteiger partial charge in [-0.25, -0.2) is 0 Å². The number of nitrogens with zero attached hydrogens (tertiary/aromatic N) is 1. The number of nitriles is 1. The van der Waals surface area contributed by atoms with Crippen molar-refractivity contribution in [2.45, 2.75) is 25.7 Å². The van der Waals surface area contributed by atoms with Crippen molar-refractivity contribution in [3.05, 3.63) is 0 Å². The largest absolute Gasteiger partial charge is 1.00 e. The minimum absolute atomic E-state index is 0. The second-order valence-electron chi connectivity index (χ2n) is 3.05. The molecule has 1 fully saturated rings. The zero-order valence-corrected chi connectivity index (χ0v) is 10.0. The van der Waals surface area contributed by atoms with E-state index in [2.05, 4.69) is 6.07 Å². The van der Waals surface area contributed by atoms with Crippen LogP contribution in [0, 0.1) is 16.7 Å². The quantitative estimate of drug-likeness (QED) is 0.376. The van der Waals surface area contributed by atoms with Crippen LogP contribution in [0.1, 0.15) is 25.7 Å². The molecule has 1 aliphatic rings. The summed E-state index contributed by atoms with van der Waals surface area (Å²) < 4.78 is 20.7. The molecule has 0 spiro atoms. The van der Waals surface area contributed by atoms with Crippen LogP contribution in [0.5, 0.6) is 0 Å². The summed E-state index contributed by atoms with van der Waals surface area (Å²) in [5, 5.41) is 8.74. The third kappa shape index (κ3) is 3.15. The van der Waals surface area contributed by atoms with E-state index in [1.54, 1.807) is 0 Å². The second kappa shape index (κ2) is 5.36. The normalized spacial score (nSPS) is 22.3. The van der Waals surface area contributed by atoms with E-state index in [-0.39, 0.29) is 35.3 Å². The van der Waals surface area contributed by atoms with E-state index in [1.807, 2.05) is 0 Å². The Labute approximate surface area is 97.1 Å². The summed E-state index contributed by atoms with van der Waals surface area (Å²) in [6, 6.07) is 2.12. The summed E-state index contributed by atoms with van der Waals surface area (Å²) in [5.41, 5.74) is -0.549. The van der Waals surface area contributed by atoms with Crippen molar-refractivity contribution in [1.82, 2.24) is 0 Å². The van der Waals surface area contributed by atoms with E-state index in [9.17, 15) is 8.76 Å². The van der Waals surface area contributed by atoms with Gasteiger partial charge in [-0.2, -0.15) is 5.26 Å². The van der Waals surface area contributed by atoms with E-state index in [0.717, 1.165) is 25.7 Å². The van der Waals surface area contributed by atoms with Gasteiger partial charge in [0.15, 0.2) is 0 Å². The number of hydrogen-bond acceptors (Lipinski definition) is 3. The van der Waals surface area contributed by atoms with Crippen LogP contribution < -0.4 is 29.6 Å². The Balaban J connectivity index is 0.00000121. The molecular formula is C7H10NNaO2S. The Kier molecular flexibility index (Phi) is 5.62. The Hall–Kier alpha value is 0.600. The molecule has 0 amide bonds. The Morgan fingerprint density at radius 1 is 1.50 bits per heavy atom. The van der Waals surface area contributed by atoms with Crippen molar-refractivity contribution in [2.75, 3.05) is 5.75 Å². The minimum atomic E-state index is -2.07. The second-order valence-corrected chi connectivity index (χ2v) is 3.94. The third-order valence-corrected chi connectivity index (χ3v) is 2.98. The molecule has 62 valence electrons. The molecule has 0 bridgehead atoms. The molecule has 0 aromatic rings. The summed E-state index contributed by atoms with van der Waals surface area (Å²) >= 11 is -2.07. The molecule has 0 heterocycles. The molecule has 0 aliphatic heterocycles.